The highest BCUT2D eigenvalue weighted by molar-refractivity contribution is 5.69. The smallest absolute Gasteiger partial charge is 0.328 e. The van der Waals surface area contributed by atoms with Crippen molar-refractivity contribution in [1.29, 1.82) is 0 Å². The van der Waals surface area contributed by atoms with Crippen LogP contribution >= 0.6 is 0 Å². The first-order chi connectivity index (χ1) is 9.58. The second-order valence-corrected chi connectivity index (χ2v) is 4.06. The first-order valence-corrected chi connectivity index (χ1v) is 5.85. The molecule has 0 aliphatic heterocycles. The number of hydrogen-bond acceptors (Lipinski definition) is 5. The monoisotopic (exact) mass is 279 g/mol. The zero-order chi connectivity index (χ0) is 14.5. The van der Waals surface area contributed by atoms with Gasteiger partial charge in [-0.15, -0.1) is 0 Å². The van der Waals surface area contributed by atoms with Crippen LogP contribution in [0, 0.1) is 5.82 Å². The lowest BCUT2D eigenvalue weighted by atomic mass is 10.2. The lowest BCUT2D eigenvalue weighted by molar-refractivity contribution is -0.145. The molecule has 0 radical (unpaired) electrons. The number of hydrogen-bond donors (Lipinski definition) is 1. The van der Waals surface area contributed by atoms with Crippen molar-refractivity contribution in [2.45, 2.75) is 13.2 Å². The van der Waals surface area contributed by atoms with E-state index in [4.69, 9.17) is 15.2 Å². The van der Waals surface area contributed by atoms with Gasteiger partial charge in [-0.05, 0) is 18.2 Å². The molecule has 0 fully saturated rings. The Labute approximate surface area is 114 Å². The van der Waals surface area contributed by atoms with Gasteiger partial charge < -0.3 is 15.2 Å². The fourth-order valence-electron chi connectivity index (χ4n) is 1.57. The van der Waals surface area contributed by atoms with Gasteiger partial charge in [-0.1, -0.05) is 0 Å². The van der Waals surface area contributed by atoms with Crippen LogP contribution in [0.5, 0.6) is 5.75 Å². The molecule has 2 aromatic rings. The molecule has 0 aliphatic carbocycles. The standard InChI is InChI=1S/C13H14FN3O3/c1-19-10-3-2-9(11(14)6-10)8-20-13(18)7-17-5-4-12(15)16-17/h2-6H,7-8H2,1H3,(H2,15,16). The maximum atomic E-state index is 13.6. The molecule has 0 spiro atoms. The molecule has 1 aromatic carbocycles. The Morgan fingerprint density at radius 2 is 2.25 bits per heavy atom. The molecular weight excluding hydrogens is 265 g/mol. The highest BCUT2D eigenvalue weighted by atomic mass is 19.1. The average molecular weight is 279 g/mol. The number of halogens is 1. The van der Waals surface area contributed by atoms with Crippen molar-refractivity contribution < 1.29 is 18.7 Å². The predicted octanol–water partition coefficient (Wildman–Crippen LogP) is 1.36. The molecule has 0 saturated carbocycles. The summed E-state index contributed by atoms with van der Waals surface area (Å²) in [5.74, 6) is -0.285. The van der Waals surface area contributed by atoms with Crippen molar-refractivity contribution in [3.63, 3.8) is 0 Å². The summed E-state index contributed by atoms with van der Waals surface area (Å²) in [4.78, 5) is 11.6. The van der Waals surface area contributed by atoms with Crippen molar-refractivity contribution in [3.8, 4) is 5.75 Å². The lowest BCUT2D eigenvalue weighted by Crippen LogP contribution is -2.14. The molecule has 7 heteroatoms. The number of nitrogens with two attached hydrogens (primary N) is 1. The van der Waals surface area contributed by atoms with Crippen LogP contribution in [0.25, 0.3) is 0 Å². The maximum Gasteiger partial charge on any atom is 0.328 e. The van der Waals surface area contributed by atoms with Gasteiger partial charge in [0.05, 0.1) is 7.11 Å². The van der Waals surface area contributed by atoms with E-state index in [0.717, 1.165) is 0 Å². The van der Waals surface area contributed by atoms with E-state index in [1.807, 2.05) is 0 Å². The molecule has 20 heavy (non-hydrogen) atoms. The Bertz CT molecular complexity index is 613. The highest BCUT2D eigenvalue weighted by Gasteiger charge is 2.09. The third-order valence-electron chi connectivity index (χ3n) is 2.60. The third kappa shape index (κ3) is 3.47. The van der Waals surface area contributed by atoms with Crippen LogP contribution in [-0.2, 0) is 22.7 Å². The highest BCUT2D eigenvalue weighted by Crippen LogP contribution is 2.16. The second-order valence-electron chi connectivity index (χ2n) is 4.06. The van der Waals surface area contributed by atoms with Crippen molar-refractivity contribution >= 4 is 11.8 Å². The van der Waals surface area contributed by atoms with Crippen molar-refractivity contribution in [3.05, 3.63) is 41.8 Å². The maximum absolute atomic E-state index is 13.6. The zero-order valence-corrected chi connectivity index (χ0v) is 10.9. The van der Waals surface area contributed by atoms with E-state index in [2.05, 4.69) is 5.10 Å². The molecule has 1 heterocycles. The topological polar surface area (TPSA) is 79.4 Å². The zero-order valence-electron chi connectivity index (χ0n) is 10.9. The van der Waals surface area contributed by atoms with E-state index < -0.39 is 11.8 Å². The number of esters is 1. The number of aromatic nitrogens is 2. The van der Waals surface area contributed by atoms with Crippen LogP contribution in [0.2, 0.25) is 0 Å². The molecule has 2 rings (SSSR count). The van der Waals surface area contributed by atoms with Gasteiger partial charge in [0.15, 0.2) is 0 Å². The van der Waals surface area contributed by atoms with Gasteiger partial charge in [0.1, 0.15) is 30.5 Å². The Morgan fingerprint density at radius 1 is 1.45 bits per heavy atom. The minimum absolute atomic E-state index is 0.0744. The first kappa shape index (κ1) is 13.9. The Balaban J connectivity index is 1.90. The number of rotatable bonds is 5. The van der Waals surface area contributed by atoms with Crippen LogP contribution < -0.4 is 10.5 Å². The Hall–Kier alpha value is -2.57. The van der Waals surface area contributed by atoms with Crippen molar-refractivity contribution in [2.75, 3.05) is 12.8 Å². The molecule has 0 saturated heterocycles. The minimum Gasteiger partial charge on any atom is -0.497 e. The third-order valence-corrected chi connectivity index (χ3v) is 2.60. The van der Waals surface area contributed by atoms with E-state index in [1.54, 1.807) is 18.3 Å². The summed E-state index contributed by atoms with van der Waals surface area (Å²) in [7, 11) is 1.45. The summed E-state index contributed by atoms with van der Waals surface area (Å²) in [5, 5.41) is 3.85. The molecule has 0 amide bonds. The molecule has 0 unspecified atom stereocenters. The predicted molar refractivity (Wildman–Crippen MR) is 69.4 cm³/mol. The van der Waals surface area contributed by atoms with Gasteiger partial charge in [-0.3, -0.25) is 9.48 Å². The largest absolute Gasteiger partial charge is 0.497 e. The van der Waals surface area contributed by atoms with E-state index in [-0.39, 0.29) is 18.7 Å². The summed E-state index contributed by atoms with van der Waals surface area (Å²) >= 11 is 0. The summed E-state index contributed by atoms with van der Waals surface area (Å²) in [6.45, 7) is -0.222. The summed E-state index contributed by atoms with van der Waals surface area (Å²) in [6.07, 6.45) is 1.56. The molecule has 0 aliphatic rings. The number of carbonyl (C=O) groups excluding carboxylic acids is 1. The van der Waals surface area contributed by atoms with Gasteiger partial charge in [-0.2, -0.15) is 5.10 Å². The van der Waals surface area contributed by atoms with Crippen LogP contribution in [0.4, 0.5) is 10.2 Å². The summed E-state index contributed by atoms with van der Waals surface area (Å²) < 4.78 is 24.8. The number of ether oxygens (including phenoxy) is 2. The van der Waals surface area contributed by atoms with Crippen molar-refractivity contribution in [2.24, 2.45) is 0 Å². The van der Waals surface area contributed by atoms with Gasteiger partial charge in [-0.25, -0.2) is 4.39 Å². The Morgan fingerprint density at radius 3 is 2.85 bits per heavy atom. The average Bonchev–Trinajstić information content (AvgIpc) is 2.82. The molecule has 6 nitrogen and oxygen atoms in total. The number of benzene rings is 1. The molecule has 0 atom stereocenters. The number of methoxy groups -OCH3 is 1. The molecule has 106 valence electrons. The Kier molecular flexibility index (Phi) is 4.19. The quantitative estimate of drug-likeness (QED) is 0.836. The van der Waals surface area contributed by atoms with Crippen LogP contribution in [-0.4, -0.2) is 22.9 Å². The molecule has 0 bridgehead atoms. The van der Waals surface area contributed by atoms with Crippen LogP contribution in [0.15, 0.2) is 30.5 Å². The second kappa shape index (κ2) is 6.05. The molecule has 1 aromatic heterocycles. The summed E-state index contributed by atoms with van der Waals surface area (Å²) in [5.41, 5.74) is 5.70. The number of nitrogens with zero attached hydrogens (tertiary/aromatic N) is 2. The van der Waals surface area contributed by atoms with Crippen molar-refractivity contribution in [1.82, 2.24) is 9.78 Å². The normalized spacial score (nSPS) is 10.3. The van der Waals surface area contributed by atoms with Gasteiger partial charge in [0.25, 0.3) is 0 Å². The summed E-state index contributed by atoms with van der Waals surface area (Å²) in [6, 6.07) is 5.90. The van der Waals surface area contributed by atoms with E-state index in [9.17, 15) is 9.18 Å². The van der Waals surface area contributed by atoms with E-state index >= 15 is 0 Å². The number of nitrogen functional groups attached to an aromatic ring is 1. The first-order valence-electron chi connectivity index (χ1n) is 5.85. The lowest BCUT2D eigenvalue weighted by Gasteiger charge is -2.07. The number of anilines is 1. The van der Waals surface area contributed by atoms with E-state index in [0.29, 0.717) is 11.6 Å². The molecule has 2 N–H and O–H groups in total. The van der Waals surface area contributed by atoms with Crippen LogP contribution in [0.1, 0.15) is 5.56 Å². The SMILES string of the molecule is COc1ccc(COC(=O)Cn2ccc(N)n2)c(F)c1. The van der Waals surface area contributed by atoms with Gasteiger partial charge >= 0.3 is 5.97 Å². The van der Waals surface area contributed by atoms with Crippen LogP contribution in [0.3, 0.4) is 0 Å². The van der Waals surface area contributed by atoms with Gasteiger partial charge in [0.2, 0.25) is 0 Å². The van der Waals surface area contributed by atoms with Gasteiger partial charge in [0, 0.05) is 17.8 Å². The fraction of sp³-hybridized carbons (Fsp3) is 0.231. The molecular formula is C13H14FN3O3. The minimum atomic E-state index is -0.525. The fourth-order valence-corrected chi connectivity index (χ4v) is 1.57. The van der Waals surface area contributed by atoms with E-state index in [1.165, 1.54) is 23.9 Å². The number of carbonyl (C=O) groups is 1.